The molecular weight excluding hydrogens is 304 g/mol. The van der Waals surface area contributed by atoms with Crippen molar-refractivity contribution in [3.8, 4) is 0 Å². The fraction of sp³-hybridized carbons (Fsp3) is 0.579. The molecule has 0 aromatic heterocycles. The molecule has 1 aliphatic rings. The summed E-state index contributed by atoms with van der Waals surface area (Å²) in [6, 6.07) is 10.0. The second kappa shape index (κ2) is 8.83. The first-order valence-corrected chi connectivity index (χ1v) is 8.75. The molecule has 2 atom stereocenters. The summed E-state index contributed by atoms with van der Waals surface area (Å²) in [6.07, 6.45) is 1.23. The van der Waals surface area contributed by atoms with Gasteiger partial charge in [0.15, 0.2) is 0 Å². The SMILES string of the molecule is CC(C)C(O)CCNC(=O)C1CC(=O)N(CCc2ccccc2)C1. The van der Waals surface area contributed by atoms with E-state index in [0.29, 0.717) is 26.1 Å². The monoisotopic (exact) mass is 332 g/mol. The number of carbonyl (C=O) groups is 2. The maximum absolute atomic E-state index is 12.2. The molecule has 1 heterocycles. The normalized spacial score (nSPS) is 18.9. The molecule has 1 saturated heterocycles. The van der Waals surface area contributed by atoms with Crippen molar-refractivity contribution in [3.05, 3.63) is 35.9 Å². The van der Waals surface area contributed by atoms with Crippen LogP contribution in [0.2, 0.25) is 0 Å². The second-order valence-corrected chi connectivity index (χ2v) is 6.87. The Labute approximate surface area is 144 Å². The number of rotatable bonds is 8. The molecule has 0 radical (unpaired) electrons. The molecule has 5 nitrogen and oxygen atoms in total. The molecular formula is C19H28N2O3. The zero-order chi connectivity index (χ0) is 17.5. The van der Waals surface area contributed by atoms with E-state index in [1.807, 2.05) is 44.2 Å². The maximum Gasteiger partial charge on any atom is 0.225 e. The Hall–Kier alpha value is -1.88. The van der Waals surface area contributed by atoms with Crippen LogP contribution in [0.15, 0.2) is 30.3 Å². The van der Waals surface area contributed by atoms with Gasteiger partial charge in [-0.05, 0) is 24.3 Å². The summed E-state index contributed by atoms with van der Waals surface area (Å²) in [7, 11) is 0. The molecule has 2 amide bonds. The standard InChI is InChI=1S/C19H28N2O3/c1-14(2)17(22)8-10-20-19(24)16-12-18(23)21(13-16)11-9-15-6-4-3-5-7-15/h3-7,14,16-17,22H,8-13H2,1-2H3,(H,20,24). The van der Waals surface area contributed by atoms with Gasteiger partial charge in [0.25, 0.3) is 0 Å². The van der Waals surface area contributed by atoms with Gasteiger partial charge in [0.1, 0.15) is 0 Å². The van der Waals surface area contributed by atoms with Crippen molar-refractivity contribution in [1.82, 2.24) is 10.2 Å². The number of likely N-dealkylation sites (tertiary alicyclic amines) is 1. The number of aliphatic hydroxyl groups is 1. The quantitative estimate of drug-likeness (QED) is 0.760. The average Bonchev–Trinajstić information content (AvgIpc) is 2.94. The van der Waals surface area contributed by atoms with Crippen molar-refractivity contribution in [2.24, 2.45) is 11.8 Å². The lowest BCUT2D eigenvalue weighted by atomic mass is 10.0. The molecule has 24 heavy (non-hydrogen) atoms. The van der Waals surface area contributed by atoms with Crippen molar-refractivity contribution < 1.29 is 14.7 Å². The molecule has 0 saturated carbocycles. The van der Waals surface area contributed by atoms with Crippen LogP contribution < -0.4 is 5.32 Å². The van der Waals surface area contributed by atoms with E-state index in [4.69, 9.17) is 0 Å². The molecule has 1 aromatic rings. The van der Waals surface area contributed by atoms with Crippen LogP contribution in [0.5, 0.6) is 0 Å². The van der Waals surface area contributed by atoms with Gasteiger partial charge in [0.05, 0.1) is 12.0 Å². The van der Waals surface area contributed by atoms with Crippen molar-refractivity contribution in [2.45, 2.75) is 39.2 Å². The predicted octanol–water partition coefficient (Wildman–Crippen LogP) is 1.60. The third-order valence-electron chi connectivity index (χ3n) is 4.61. The van der Waals surface area contributed by atoms with Crippen LogP contribution in [0.25, 0.3) is 0 Å². The molecule has 0 bridgehead atoms. The molecule has 2 N–H and O–H groups in total. The minimum Gasteiger partial charge on any atom is -0.393 e. The fourth-order valence-electron chi connectivity index (χ4n) is 2.89. The highest BCUT2D eigenvalue weighted by Crippen LogP contribution is 2.18. The molecule has 2 rings (SSSR count). The van der Waals surface area contributed by atoms with E-state index >= 15 is 0 Å². The van der Waals surface area contributed by atoms with Crippen LogP contribution >= 0.6 is 0 Å². The van der Waals surface area contributed by atoms with Gasteiger partial charge in [-0.3, -0.25) is 9.59 Å². The Bertz CT molecular complexity index is 545. The summed E-state index contributed by atoms with van der Waals surface area (Å²) in [5.41, 5.74) is 1.20. The predicted molar refractivity (Wildman–Crippen MR) is 93.3 cm³/mol. The van der Waals surface area contributed by atoms with Crippen LogP contribution in [-0.2, 0) is 16.0 Å². The molecule has 5 heteroatoms. The maximum atomic E-state index is 12.2. The van der Waals surface area contributed by atoms with Gasteiger partial charge in [-0.25, -0.2) is 0 Å². The summed E-state index contributed by atoms with van der Waals surface area (Å²) >= 11 is 0. The van der Waals surface area contributed by atoms with Gasteiger partial charge in [0.2, 0.25) is 11.8 Å². The molecule has 1 aliphatic heterocycles. The van der Waals surface area contributed by atoms with E-state index < -0.39 is 6.10 Å². The molecule has 2 unspecified atom stereocenters. The summed E-state index contributed by atoms with van der Waals surface area (Å²) < 4.78 is 0. The number of amides is 2. The van der Waals surface area contributed by atoms with Gasteiger partial charge >= 0.3 is 0 Å². The van der Waals surface area contributed by atoms with Gasteiger partial charge in [-0.15, -0.1) is 0 Å². The Balaban J connectivity index is 1.73. The van der Waals surface area contributed by atoms with Crippen LogP contribution in [0.1, 0.15) is 32.3 Å². The van der Waals surface area contributed by atoms with Gasteiger partial charge in [-0.1, -0.05) is 44.2 Å². The van der Waals surface area contributed by atoms with Gasteiger partial charge < -0.3 is 15.3 Å². The van der Waals surface area contributed by atoms with E-state index in [2.05, 4.69) is 5.32 Å². The van der Waals surface area contributed by atoms with Crippen molar-refractivity contribution in [2.75, 3.05) is 19.6 Å². The van der Waals surface area contributed by atoms with E-state index in [-0.39, 0.29) is 30.1 Å². The molecule has 0 aliphatic carbocycles. The number of carbonyl (C=O) groups excluding carboxylic acids is 2. The first-order chi connectivity index (χ1) is 11.5. The molecule has 132 valence electrons. The summed E-state index contributed by atoms with van der Waals surface area (Å²) in [6.45, 7) is 5.50. The Kier molecular flexibility index (Phi) is 6.79. The highest BCUT2D eigenvalue weighted by Gasteiger charge is 2.33. The third-order valence-corrected chi connectivity index (χ3v) is 4.61. The number of benzene rings is 1. The molecule has 0 spiro atoms. The number of nitrogens with zero attached hydrogens (tertiary/aromatic N) is 1. The minimum atomic E-state index is -0.405. The minimum absolute atomic E-state index is 0.0493. The Morgan fingerprint density at radius 1 is 1.33 bits per heavy atom. The summed E-state index contributed by atoms with van der Waals surface area (Å²) in [5.74, 6) is -0.122. The van der Waals surface area contributed by atoms with Crippen LogP contribution in [0.4, 0.5) is 0 Å². The number of hydrogen-bond acceptors (Lipinski definition) is 3. The number of nitrogens with one attached hydrogen (secondary N) is 1. The number of hydrogen-bond donors (Lipinski definition) is 2. The summed E-state index contributed by atoms with van der Waals surface area (Å²) in [5, 5.41) is 12.6. The van der Waals surface area contributed by atoms with Crippen LogP contribution in [0.3, 0.4) is 0 Å². The largest absolute Gasteiger partial charge is 0.393 e. The molecule has 1 aromatic carbocycles. The summed E-state index contributed by atoms with van der Waals surface area (Å²) in [4.78, 5) is 26.1. The Morgan fingerprint density at radius 2 is 2.04 bits per heavy atom. The highest BCUT2D eigenvalue weighted by atomic mass is 16.3. The van der Waals surface area contributed by atoms with E-state index in [1.165, 1.54) is 5.56 Å². The topological polar surface area (TPSA) is 69.6 Å². The third kappa shape index (κ3) is 5.34. The van der Waals surface area contributed by atoms with Crippen LogP contribution in [-0.4, -0.2) is 47.6 Å². The lowest BCUT2D eigenvalue weighted by molar-refractivity contribution is -0.129. The van der Waals surface area contributed by atoms with E-state index in [9.17, 15) is 14.7 Å². The first-order valence-electron chi connectivity index (χ1n) is 8.75. The smallest absolute Gasteiger partial charge is 0.225 e. The fourth-order valence-corrected chi connectivity index (χ4v) is 2.89. The second-order valence-electron chi connectivity index (χ2n) is 6.87. The lowest BCUT2D eigenvalue weighted by Gasteiger charge is -2.17. The zero-order valence-electron chi connectivity index (χ0n) is 14.6. The Morgan fingerprint density at radius 3 is 2.71 bits per heavy atom. The molecule has 1 fully saturated rings. The lowest BCUT2D eigenvalue weighted by Crippen LogP contribution is -2.35. The van der Waals surface area contributed by atoms with Crippen molar-refractivity contribution in [3.63, 3.8) is 0 Å². The van der Waals surface area contributed by atoms with E-state index in [0.717, 1.165) is 6.42 Å². The number of aliphatic hydroxyl groups excluding tert-OH is 1. The van der Waals surface area contributed by atoms with E-state index in [1.54, 1.807) is 4.90 Å². The highest BCUT2D eigenvalue weighted by molar-refractivity contribution is 5.89. The first kappa shape index (κ1) is 18.5. The zero-order valence-corrected chi connectivity index (χ0v) is 14.6. The van der Waals surface area contributed by atoms with Crippen molar-refractivity contribution >= 4 is 11.8 Å². The van der Waals surface area contributed by atoms with Gasteiger partial charge in [0, 0.05) is 26.1 Å². The van der Waals surface area contributed by atoms with Crippen molar-refractivity contribution in [1.29, 1.82) is 0 Å². The van der Waals surface area contributed by atoms with Gasteiger partial charge in [-0.2, -0.15) is 0 Å². The average molecular weight is 332 g/mol. The van der Waals surface area contributed by atoms with Crippen LogP contribution in [0, 0.1) is 11.8 Å².